The van der Waals surface area contributed by atoms with Crippen molar-refractivity contribution in [3.63, 3.8) is 0 Å². The number of aliphatic hydroxyl groups is 1. The van der Waals surface area contributed by atoms with Gasteiger partial charge in [-0.15, -0.1) is 0 Å². The number of halogens is 1. The molecule has 3 nitrogen and oxygen atoms in total. The predicted octanol–water partition coefficient (Wildman–Crippen LogP) is 5.41. The van der Waals surface area contributed by atoms with E-state index in [-0.39, 0.29) is 11.5 Å². The summed E-state index contributed by atoms with van der Waals surface area (Å²) in [7, 11) is 0. The average Bonchev–Trinajstić information content (AvgIpc) is 3.34. The van der Waals surface area contributed by atoms with E-state index in [1.807, 2.05) is 12.1 Å². The van der Waals surface area contributed by atoms with Gasteiger partial charge in [0, 0.05) is 29.9 Å². The third-order valence-corrected chi connectivity index (χ3v) is 11.0. The number of rotatable bonds is 4. The summed E-state index contributed by atoms with van der Waals surface area (Å²) in [6, 6.07) is 19.1. The summed E-state index contributed by atoms with van der Waals surface area (Å²) in [4.78, 5) is 15.9. The molecule has 4 saturated carbocycles. The zero-order valence-corrected chi connectivity index (χ0v) is 19.8. The first-order valence-electron chi connectivity index (χ1n) is 12.8. The van der Waals surface area contributed by atoms with Crippen molar-refractivity contribution in [2.24, 2.45) is 29.1 Å². The lowest BCUT2D eigenvalue weighted by molar-refractivity contribution is -0.270. The Bertz CT molecular complexity index is 1080. The van der Waals surface area contributed by atoms with Gasteiger partial charge in [-0.2, -0.15) is 0 Å². The van der Waals surface area contributed by atoms with Gasteiger partial charge in [-0.3, -0.25) is 4.79 Å². The number of nitrogens with zero attached hydrogens (tertiary/aromatic N) is 1. The molecule has 4 heteroatoms. The van der Waals surface area contributed by atoms with E-state index in [1.165, 1.54) is 17.5 Å². The minimum Gasteiger partial charge on any atom is -0.393 e. The molecule has 33 heavy (non-hydrogen) atoms. The number of hydrogen-bond acceptors (Lipinski definition) is 2. The molecular weight excluding hydrogens is 430 g/mol. The SMILES string of the molecule is O=C(CC1(c2ccccc2)C2CC3CC24C(CC14)C3O)N1CCC(c2ccc(Cl)cc2)CC1. The van der Waals surface area contributed by atoms with Gasteiger partial charge in [0.25, 0.3) is 0 Å². The molecule has 2 aromatic carbocycles. The Balaban J connectivity index is 1.11. The Kier molecular flexibility index (Phi) is 4.41. The van der Waals surface area contributed by atoms with Crippen LogP contribution in [0.5, 0.6) is 0 Å². The van der Waals surface area contributed by atoms with Crippen LogP contribution in [0.3, 0.4) is 0 Å². The molecule has 1 saturated heterocycles. The highest BCUT2D eigenvalue weighted by Crippen LogP contribution is 2.87. The second kappa shape index (κ2) is 7.09. The Morgan fingerprint density at radius 3 is 2.39 bits per heavy atom. The second-order valence-corrected chi connectivity index (χ2v) is 12.0. The molecule has 7 unspecified atom stereocenters. The molecule has 1 heterocycles. The molecule has 1 N–H and O–H groups in total. The number of likely N-dealkylation sites (tertiary alicyclic amines) is 1. The summed E-state index contributed by atoms with van der Waals surface area (Å²) in [5.74, 6) is 2.95. The van der Waals surface area contributed by atoms with Gasteiger partial charge in [-0.05, 0) is 90.4 Å². The second-order valence-electron chi connectivity index (χ2n) is 11.5. The molecular formula is C29H32ClNO2. The standard InChI is InChI=1S/C29H32ClNO2/c30-22-8-6-18(7-9-22)19-10-12-31(13-11-19)26(32)17-28(21-4-2-1-3-5-21)24-14-20-16-29(24)23(27(20)33)15-25(28)29/h1-9,19-20,23-25,27,33H,10-17H2. The van der Waals surface area contributed by atoms with Crippen molar-refractivity contribution in [3.05, 3.63) is 70.7 Å². The largest absolute Gasteiger partial charge is 0.393 e. The first kappa shape index (κ1) is 20.5. The molecule has 2 aromatic rings. The van der Waals surface area contributed by atoms with Gasteiger partial charge in [0.05, 0.1) is 6.10 Å². The Labute approximate surface area is 201 Å². The zero-order valence-electron chi connectivity index (χ0n) is 19.0. The molecule has 0 aromatic heterocycles. The van der Waals surface area contributed by atoms with Crippen molar-refractivity contribution in [1.82, 2.24) is 4.90 Å². The number of hydrogen-bond donors (Lipinski definition) is 1. The monoisotopic (exact) mass is 461 g/mol. The molecule has 1 amide bonds. The molecule has 2 bridgehead atoms. The van der Waals surface area contributed by atoms with E-state index in [0.717, 1.165) is 43.8 Å². The summed E-state index contributed by atoms with van der Waals surface area (Å²) in [5, 5.41) is 11.5. The number of amides is 1. The maximum Gasteiger partial charge on any atom is 0.223 e. The summed E-state index contributed by atoms with van der Waals surface area (Å²) >= 11 is 6.06. The van der Waals surface area contributed by atoms with E-state index in [0.29, 0.717) is 47.3 Å². The van der Waals surface area contributed by atoms with Gasteiger partial charge < -0.3 is 10.0 Å². The van der Waals surface area contributed by atoms with Crippen molar-refractivity contribution < 1.29 is 9.90 Å². The molecule has 4 aliphatic carbocycles. The molecule has 5 aliphatic rings. The van der Waals surface area contributed by atoms with Gasteiger partial charge in [-0.1, -0.05) is 54.1 Å². The van der Waals surface area contributed by atoms with Crippen LogP contribution in [0, 0.1) is 29.1 Å². The fraction of sp³-hybridized carbons (Fsp3) is 0.552. The summed E-state index contributed by atoms with van der Waals surface area (Å²) < 4.78 is 0. The molecule has 7 atom stereocenters. The lowest BCUT2D eigenvalue weighted by Gasteiger charge is -2.77. The number of piperidine rings is 1. The number of benzene rings is 2. The van der Waals surface area contributed by atoms with Gasteiger partial charge in [-0.25, -0.2) is 0 Å². The average molecular weight is 462 g/mol. The summed E-state index contributed by atoms with van der Waals surface area (Å²) in [6.45, 7) is 1.70. The minimum atomic E-state index is -0.0890. The Hall–Kier alpha value is -1.84. The molecule has 5 fully saturated rings. The number of carbonyl (C=O) groups is 1. The molecule has 1 spiro atoms. The fourth-order valence-electron chi connectivity index (χ4n) is 9.42. The summed E-state index contributed by atoms with van der Waals surface area (Å²) in [5.41, 5.74) is 3.03. The predicted molar refractivity (Wildman–Crippen MR) is 129 cm³/mol. The highest BCUT2D eigenvalue weighted by Gasteiger charge is 2.85. The van der Waals surface area contributed by atoms with E-state index in [1.54, 1.807) is 0 Å². The topological polar surface area (TPSA) is 40.5 Å². The molecule has 1 aliphatic heterocycles. The quantitative estimate of drug-likeness (QED) is 0.661. The number of aliphatic hydroxyl groups excluding tert-OH is 1. The smallest absolute Gasteiger partial charge is 0.223 e. The van der Waals surface area contributed by atoms with E-state index >= 15 is 0 Å². The fourth-order valence-corrected chi connectivity index (χ4v) is 9.54. The third-order valence-electron chi connectivity index (χ3n) is 10.7. The lowest BCUT2D eigenvalue weighted by atomic mass is 9.26. The normalized spacial score (nSPS) is 40.8. The maximum absolute atomic E-state index is 13.7. The zero-order chi connectivity index (χ0) is 22.4. The van der Waals surface area contributed by atoms with Crippen LogP contribution in [0.25, 0.3) is 0 Å². The molecule has 7 rings (SSSR count). The van der Waals surface area contributed by atoms with Crippen LogP contribution in [0.2, 0.25) is 5.02 Å². The Morgan fingerprint density at radius 1 is 1.00 bits per heavy atom. The lowest BCUT2D eigenvalue weighted by Crippen LogP contribution is -2.76. The molecule has 172 valence electrons. The van der Waals surface area contributed by atoms with Crippen molar-refractivity contribution in [1.29, 1.82) is 0 Å². The number of fused-ring (bicyclic) bond motifs is 1. The number of carbonyl (C=O) groups excluding carboxylic acids is 1. The first-order valence-corrected chi connectivity index (χ1v) is 13.2. The van der Waals surface area contributed by atoms with Crippen LogP contribution >= 0.6 is 11.6 Å². The van der Waals surface area contributed by atoms with E-state index in [2.05, 4.69) is 47.4 Å². The van der Waals surface area contributed by atoms with E-state index in [4.69, 9.17) is 11.6 Å². The first-order chi connectivity index (χ1) is 16.0. The molecule has 0 radical (unpaired) electrons. The van der Waals surface area contributed by atoms with Gasteiger partial charge in [0.2, 0.25) is 5.91 Å². The van der Waals surface area contributed by atoms with Gasteiger partial charge in [0.1, 0.15) is 0 Å². The highest BCUT2D eigenvalue weighted by molar-refractivity contribution is 6.30. The maximum atomic E-state index is 13.7. The van der Waals surface area contributed by atoms with Crippen LogP contribution < -0.4 is 0 Å². The van der Waals surface area contributed by atoms with Crippen molar-refractivity contribution in [2.75, 3.05) is 13.1 Å². The minimum absolute atomic E-state index is 0.0171. The third kappa shape index (κ3) is 2.59. The highest BCUT2D eigenvalue weighted by atomic mass is 35.5. The van der Waals surface area contributed by atoms with Gasteiger partial charge in [0.15, 0.2) is 0 Å². The van der Waals surface area contributed by atoms with E-state index in [9.17, 15) is 9.90 Å². The van der Waals surface area contributed by atoms with Crippen LogP contribution in [0.15, 0.2) is 54.6 Å². The van der Waals surface area contributed by atoms with Gasteiger partial charge >= 0.3 is 0 Å². The summed E-state index contributed by atoms with van der Waals surface area (Å²) in [6.07, 6.45) is 6.02. The van der Waals surface area contributed by atoms with Crippen molar-refractivity contribution >= 4 is 17.5 Å². The van der Waals surface area contributed by atoms with E-state index < -0.39 is 0 Å². The Morgan fingerprint density at radius 2 is 1.70 bits per heavy atom. The van der Waals surface area contributed by atoms with Crippen molar-refractivity contribution in [2.45, 2.75) is 56.0 Å². The van der Waals surface area contributed by atoms with Crippen LogP contribution in [0.4, 0.5) is 0 Å². The van der Waals surface area contributed by atoms with Crippen LogP contribution in [0.1, 0.15) is 55.6 Å². The van der Waals surface area contributed by atoms with Crippen LogP contribution in [-0.2, 0) is 10.2 Å². The van der Waals surface area contributed by atoms with Crippen molar-refractivity contribution in [3.8, 4) is 0 Å². The van der Waals surface area contributed by atoms with Crippen LogP contribution in [-0.4, -0.2) is 35.1 Å².